The first-order valence-electron chi connectivity index (χ1n) is 9.96. The molecule has 0 saturated carbocycles. The predicted octanol–water partition coefficient (Wildman–Crippen LogP) is 2.99. The summed E-state index contributed by atoms with van der Waals surface area (Å²) in [5.41, 5.74) is 3.17. The second-order valence-electron chi connectivity index (χ2n) is 7.71. The minimum atomic E-state index is -0.0687. The number of aromatic nitrogens is 3. The van der Waals surface area contributed by atoms with E-state index in [0.717, 1.165) is 59.8 Å². The number of anilines is 1. The highest BCUT2D eigenvalue weighted by molar-refractivity contribution is 5.99. The van der Waals surface area contributed by atoms with Gasteiger partial charge in [0.25, 0.3) is 5.91 Å². The van der Waals surface area contributed by atoms with Crippen LogP contribution in [-0.2, 0) is 7.05 Å². The quantitative estimate of drug-likeness (QED) is 0.738. The van der Waals surface area contributed by atoms with Gasteiger partial charge in [-0.3, -0.25) is 14.5 Å². The van der Waals surface area contributed by atoms with Crippen molar-refractivity contribution in [3.8, 4) is 5.75 Å². The fourth-order valence-electron chi connectivity index (χ4n) is 4.06. The number of nitrogens with zero attached hydrogens (tertiary/aromatic N) is 4. The zero-order valence-electron chi connectivity index (χ0n) is 17.4. The van der Waals surface area contributed by atoms with Gasteiger partial charge in [0.15, 0.2) is 0 Å². The van der Waals surface area contributed by atoms with E-state index in [9.17, 15) is 4.79 Å². The number of fused-ring (bicyclic) bond motifs is 1. The van der Waals surface area contributed by atoms with Crippen LogP contribution in [0.1, 0.15) is 34.6 Å². The standard InChI is InChI=1S/C22H27N5O2/c1-14-10-21(26(3)25-14)27-9-5-6-17(13-27)24-22(28)19-11-16-7-8-18(29-4)12-20(16)23-15(19)2/h7-8,10-12,17H,5-6,9,13H2,1-4H3,(H,24,28). The molecule has 2 aromatic heterocycles. The van der Waals surface area contributed by atoms with Crippen LogP contribution >= 0.6 is 0 Å². The first-order chi connectivity index (χ1) is 13.9. The summed E-state index contributed by atoms with van der Waals surface area (Å²) in [4.78, 5) is 19.9. The molecule has 0 aliphatic carbocycles. The number of ether oxygens (including phenoxy) is 1. The van der Waals surface area contributed by atoms with E-state index in [2.05, 4.69) is 26.4 Å². The van der Waals surface area contributed by atoms with Gasteiger partial charge < -0.3 is 15.0 Å². The van der Waals surface area contributed by atoms with Crippen molar-refractivity contribution in [3.05, 3.63) is 47.3 Å². The van der Waals surface area contributed by atoms with Crippen LogP contribution in [0, 0.1) is 13.8 Å². The van der Waals surface area contributed by atoms with Crippen LogP contribution in [0.5, 0.6) is 5.75 Å². The summed E-state index contributed by atoms with van der Waals surface area (Å²) in [6, 6.07) is 9.81. The van der Waals surface area contributed by atoms with E-state index >= 15 is 0 Å². The molecule has 1 saturated heterocycles. The largest absolute Gasteiger partial charge is 0.497 e. The highest BCUT2D eigenvalue weighted by Crippen LogP contribution is 2.23. The smallest absolute Gasteiger partial charge is 0.253 e. The molecule has 1 fully saturated rings. The molecule has 1 amide bonds. The molecule has 3 heterocycles. The molecule has 0 radical (unpaired) electrons. The third kappa shape index (κ3) is 3.90. The van der Waals surface area contributed by atoms with E-state index in [1.165, 1.54) is 0 Å². The lowest BCUT2D eigenvalue weighted by atomic mass is 10.0. The van der Waals surface area contributed by atoms with E-state index in [1.54, 1.807) is 7.11 Å². The van der Waals surface area contributed by atoms with E-state index in [0.29, 0.717) is 5.56 Å². The Kier molecular flexibility index (Phi) is 5.13. The van der Waals surface area contributed by atoms with E-state index < -0.39 is 0 Å². The average Bonchev–Trinajstić information content (AvgIpc) is 3.05. The number of carbonyl (C=O) groups is 1. The number of pyridine rings is 1. The van der Waals surface area contributed by atoms with Gasteiger partial charge in [0.2, 0.25) is 0 Å². The van der Waals surface area contributed by atoms with Crippen LogP contribution in [0.15, 0.2) is 30.3 Å². The van der Waals surface area contributed by atoms with Crippen LogP contribution in [0.4, 0.5) is 5.82 Å². The van der Waals surface area contributed by atoms with Crippen molar-refractivity contribution in [1.82, 2.24) is 20.1 Å². The van der Waals surface area contributed by atoms with Crippen molar-refractivity contribution < 1.29 is 9.53 Å². The second-order valence-corrected chi connectivity index (χ2v) is 7.71. The molecule has 1 aliphatic rings. The van der Waals surface area contributed by atoms with E-state index in [4.69, 9.17) is 4.74 Å². The number of amides is 1. The molecule has 1 aliphatic heterocycles. The summed E-state index contributed by atoms with van der Waals surface area (Å²) in [6.45, 7) is 5.63. The number of carbonyl (C=O) groups excluding carboxylic acids is 1. The SMILES string of the molecule is COc1ccc2cc(C(=O)NC3CCCN(c4cc(C)nn4C)C3)c(C)nc2c1. The minimum absolute atomic E-state index is 0.0687. The zero-order chi connectivity index (χ0) is 20.5. The highest BCUT2D eigenvalue weighted by atomic mass is 16.5. The topological polar surface area (TPSA) is 72.3 Å². The summed E-state index contributed by atoms with van der Waals surface area (Å²) in [5.74, 6) is 1.79. The molecule has 152 valence electrons. The Morgan fingerprint density at radius 2 is 2.07 bits per heavy atom. The van der Waals surface area contributed by atoms with Gasteiger partial charge in [0.1, 0.15) is 11.6 Å². The van der Waals surface area contributed by atoms with Crippen LogP contribution in [-0.4, -0.2) is 46.9 Å². The van der Waals surface area contributed by atoms with Crippen LogP contribution in [0.2, 0.25) is 0 Å². The van der Waals surface area contributed by atoms with Gasteiger partial charge in [-0.25, -0.2) is 0 Å². The first-order valence-corrected chi connectivity index (χ1v) is 9.96. The molecule has 3 aromatic rings. The van der Waals surface area contributed by atoms with E-state index in [-0.39, 0.29) is 11.9 Å². The Labute approximate surface area is 170 Å². The van der Waals surface area contributed by atoms with Gasteiger partial charge in [0, 0.05) is 43.7 Å². The van der Waals surface area contributed by atoms with Crippen LogP contribution < -0.4 is 15.0 Å². The lowest BCUT2D eigenvalue weighted by molar-refractivity contribution is 0.0932. The molecule has 7 nitrogen and oxygen atoms in total. The Balaban J connectivity index is 1.51. The number of hydrogen-bond donors (Lipinski definition) is 1. The summed E-state index contributed by atoms with van der Waals surface area (Å²) in [5, 5.41) is 8.59. The third-order valence-corrected chi connectivity index (χ3v) is 5.52. The molecule has 1 atom stereocenters. The Bertz CT molecular complexity index is 1060. The molecule has 7 heteroatoms. The Morgan fingerprint density at radius 3 is 2.79 bits per heavy atom. The average molecular weight is 393 g/mol. The second kappa shape index (κ2) is 7.73. The van der Waals surface area contributed by atoms with Crippen LogP contribution in [0.25, 0.3) is 10.9 Å². The van der Waals surface area contributed by atoms with Gasteiger partial charge in [-0.1, -0.05) is 0 Å². The lowest BCUT2D eigenvalue weighted by Gasteiger charge is -2.34. The number of piperidine rings is 1. The molecule has 0 spiro atoms. The summed E-state index contributed by atoms with van der Waals surface area (Å²) < 4.78 is 7.17. The highest BCUT2D eigenvalue weighted by Gasteiger charge is 2.24. The Morgan fingerprint density at radius 1 is 1.24 bits per heavy atom. The molecule has 4 rings (SSSR count). The predicted molar refractivity (Wildman–Crippen MR) is 114 cm³/mol. The molecule has 0 bridgehead atoms. The normalized spacial score (nSPS) is 16.8. The van der Waals surface area contributed by atoms with Gasteiger partial charge in [-0.15, -0.1) is 0 Å². The van der Waals surface area contributed by atoms with E-state index in [1.807, 2.05) is 49.8 Å². The number of methoxy groups -OCH3 is 1. The number of hydrogen-bond acceptors (Lipinski definition) is 5. The fraction of sp³-hybridized carbons (Fsp3) is 0.409. The van der Waals surface area contributed by atoms with Crippen LogP contribution in [0.3, 0.4) is 0 Å². The van der Waals surface area contributed by atoms with Crippen molar-refractivity contribution in [2.75, 3.05) is 25.1 Å². The summed E-state index contributed by atoms with van der Waals surface area (Å²) in [6.07, 6.45) is 2.00. The van der Waals surface area contributed by atoms with Crippen molar-refractivity contribution in [2.45, 2.75) is 32.7 Å². The van der Waals surface area contributed by atoms with Crippen molar-refractivity contribution in [2.24, 2.45) is 7.05 Å². The minimum Gasteiger partial charge on any atom is -0.497 e. The third-order valence-electron chi connectivity index (χ3n) is 5.52. The molecular weight excluding hydrogens is 366 g/mol. The number of nitrogens with one attached hydrogen (secondary N) is 1. The molecular formula is C22H27N5O2. The van der Waals surface area contributed by atoms with Crippen molar-refractivity contribution >= 4 is 22.6 Å². The van der Waals surface area contributed by atoms with Gasteiger partial charge in [-0.05, 0) is 44.9 Å². The fourth-order valence-corrected chi connectivity index (χ4v) is 4.06. The molecule has 1 unspecified atom stereocenters. The monoisotopic (exact) mass is 393 g/mol. The number of benzene rings is 1. The first kappa shape index (κ1) is 19.2. The van der Waals surface area contributed by atoms with Gasteiger partial charge >= 0.3 is 0 Å². The molecule has 1 aromatic carbocycles. The van der Waals surface area contributed by atoms with Gasteiger partial charge in [0.05, 0.1) is 29.6 Å². The maximum Gasteiger partial charge on any atom is 0.253 e. The number of rotatable bonds is 4. The van der Waals surface area contributed by atoms with Crippen molar-refractivity contribution in [3.63, 3.8) is 0 Å². The zero-order valence-corrected chi connectivity index (χ0v) is 17.4. The maximum atomic E-state index is 13.0. The lowest BCUT2D eigenvalue weighted by Crippen LogP contribution is -2.48. The molecule has 29 heavy (non-hydrogen) atoms. The number of aryl methyl sites for hydroxylation is 3. The Hall–Kier alpha value is -3.09. The van der Waals surface area contributed by atoms with Crippen molar-refractivity contribution in [1.29, 1.82) is 0 Å². The summed E-state index contributed by atoms with van der Waals surface area (Å²) in [7, 11) is 3.60. The molecule has 1 N–H and O–H groups in total. The maximum absolute atomic E-state index is 13.0. The summed E-state index contributed by atoms with van der Waals surface area (Å²) >= 11 is 0. The van der Waals surface area contributed by atoms with Gasteiger partial charge in [-0.2, -0.15) is 5.10 Å².